The van der Waals surface area contributed by atoms with Crippen molar-refractivity contribution in [3.8, 4) is 5.75 Å². The van der Waals surface area contributed by atoms with Crippen molar-refractivity contribution in [3.05, 3.63) is 64.5 Å². The molecule has 0 aliphatic heterocycles. The first-order valence-electron chi connectivity index (χ1n) is 12.3. The Kier molecular flexibility index (Phi) is 9.28. The summed E-state index contributed by atoms with van der Waals surface area (Å²) >= 11 is 0. The van der Waals surface area contributed by atoms with Gasteiger partial charge in [0.25, 0.3) is 0 Å². The third-order valence-electron chi connectivity index (χ3n) is 6.92. The Balaban J connectivity index is 1.59. The molecule has 1 nitrogen and oxygen atoms in total. The largest absolute Gasteiger partial charge is 0.429 e. The maximum Gasteiger partial charge on any atom is 0.429 e. The predicted molar refractivity (Wildman–Crippen MR) is 120 cm³/mol. The SMILES string of the molecule is CCCCC[C@H]1CC[C@H](CCc2ccc(C(F)(F)Oc3cc(F)c(C(F)(F)F)c(F)c3)c(F)c2)CC1. The first kappa shape index (κ1) is 28.3. The lowest BCUT2D eigenvalue weighted by Crippen LogP contribution is -2.24. The van der Waals surface area contributed by atoms with Crippen LogP contribution in [0.3, 0.4) is 0 Å². The van der Waals surface area contributed by atoms with Gasteiger partial charge in [0.2, 0.25) is 0 Å². The minimum atomic E-state index is -5.36. The fraction of sp³-hybridized carbons (Fsp3) is 0.556. The van der Waals surface area contributed by atoms with Crippen LogP contribution >= 0.6 is 0 Å². The molecule has 36 heavy (non-hydrogen) atoms. The van der Waals surface area contributed by atoms with Crippen LogP contribution in [0.15, 0.2) is 30.3 Å². The van der Waals surface area contributed by atoms with Crippen LogP contribution < -0.4 is 4.74 Å². The molecular weight excluding hydrogens is 492 g/mol. The van der Waals surface area contributed by atoms with E-state index in [0.717, 1.165) is 37.3 Å². The van der Waals surface area contributed by atoms with Gasteiger partial charge in [0.15, 0.2) is 0 Å². The van der Waals surface area contributed by atoms with Crippen molar-refractivity contribution in [3.63, 3.8) is 0 Å². The average Bonchev–Trinajstić information content (AvgIpc) is 2.77. The van der Waals surface area contributed by atoms with E-state index in [1.54, 1.807) is 0 Å². The molecule has 0 bridgehead atoms. The van der Waals surface area contributed by atoms with Gasteiger partial charge in [0, 0.05) is 12.1 Å². The fourth-order valence-electron chi connectivity index (χ4n) is 4.90. The third kappa shape index (κ3) is 7.35. The summed E-state index contributed by atoms with van der Waals surface area (Å²) in [6.07, 6.45) is 1.15. The van der Waals surface area contributed by atoms with Crippen LogP contribution in [0.2, 0.25) is 0 Å². The molecule has 2 aromatic rings. The van der Waals surface area contributed by atoms with E-state index in [-0.39, 0.29) is 12.1 Å². The first-order valence-corrected chi connectivity index (χ1v) is 12.3. The summed E-state index contributed by atoms with van der Waals surface area (Å²) in [4.78, 5) is 0. The molecule has 0 spiro atoms. The Bertz CT molecular complexity index is 986. The van der Waals surface area contributed by atoms with Gasteiger partial charge < -0.3 is 4.74 Å². The minimum absolute atomic E-state index is 0.00930. The van der Waals surface area contributed by atoms with Gasteiger partial charge in [0.1, 0.15) is 28.8 Å². The van der Waals surface area contributed by atoms with Crippen LogP contribution in [0.4, 0.5) is 35.1 Å². The summed E-state index contributed by atoms with van der Waals surface area (Å²) in [7, 11) is 0. The highest BCUT2D eigenvalue weighted by Crippen LogP contribution is 2.39. The van der Waals surface area contributed by atoms with E-state index in [0.29, 0.717) is 17.9 Å². The van der Waals surface area contributed by atoms with Crippen molar-refractivity contribution < 1.29 is 39.9 Å². The Morgan fingerprint density at radius 1 is 0.778 bits per heavy atom. The summed E-state index contributed by atoms with van der Waals surface area (Å²) in [5.41, 5.74) is -2.87. The number of hydrogen-bond acceptors (Lipinski definition) is 1. The van der Waals surface area contributed by atoms with Crippen molar-refractivity contribution in [2.24, 2.45) is 11.8 Å². The Labute approximate surface area is 205 Å². The molecule has 0 saturated heterocycles. The smallest absolute Gasteiger partial charge is 0.429 e. The zero-order chi connectivity index (χ0) is 26.5. The van der Waals surface area contributed by atoms with Crippen molar-refractivity contribution >= 4 is 0 Å². The summed E-state index contributed by atoms with van der Waals surface area (Å²) < 4.78 is 113. The lowest BCUT2D eigenvalue weighted by molar-refractivity contribution is -0.187. The number of halogens is 8. The average molecular weight is 523 g/mol. The summed E-state index contributed by atoms with van der Waals surface area (Å²) in [6.45, 7) is 2.18. The standard InChI is InChI=1S/C27H30F8O/c1-2-3-4-5-17-6-8-18(9-7-17)10-11-19-12-13-21(22(28)14-19)27(34,35)36-20-15-23(29)25(24(30)16-20)26(31,32)33/h12-18H,2-11H2,1H3/t17-,18-. The number of ether oxygens (including phenoxy) is 1. The molecule has 0 aromatic heterocycles. The third-order valence-corrected chi connectivity index (χ3v) is 6.92. The number of unbranched alkanes of at least 4 members (excludes halogenated alkanes) is 2. The minimum Gasteiger partial charge on any atom is -0.429 e. The van der Waals surface area contributed by atoms with Gasteiger partial charge in [-0.1, -0.05) is 64.4 Å². The molecule has 0 amide bonds. The van der Waals surface area contributed by atoms with Gasteiger partial charge in [-0.3, -0.25) is 0 Å². The molecule has 2 aromatic carbocycles. The molecule has 200 valence electrons. The number of rotatable bonds is 10. The number of alkyl halides is 5. The molecule has 0 N–H and O–H groups in total. The van der Waals surface area contributed by atoms with Crippen LogP contribution in [-0.2, 0) is 18.7 Å². The maximum absolute atomic E-state index is 14.5. The van der Waals surface area contributed by atoms with Crippen molar-refractivity contribution in [1.82, 2.24) is 0 Å². The summed E-state index contributed by atoms with van der Waals surface area (Å²) in [5, 5.41) is 0. The number of hydrogen-bond donors (Lipinski definition) is 0. The highest BCUT2D eigenvalue weighted by atomic mass is 19.4. The molecule has 0 atom stereocenters. The monoisotopic (exact) mass is 522 g/mol. The highest BCUT2D eigenvalue weighted by Gasteiger charge is 2.41. The fourth-order valence-corrected chi connectivity index (χ4v) is 4.90. The van der Waals surface area contributed by atoms with Gasteiger partial charge in [-0.05, 0) is 42.4 Å². The van der Waals surface area contributed by atoms with Crippen LogP contribution in [0.25, 0.3) is 0 Å². The van der Waals surface area contributed by atoms with Gasteiger partial charge in [0.05, 0.1) is 5.56 Å². The van der Waals surface area contributed by atoms with Crippen LogP contribution in [-0.4, -0.2) is 0 Å². The highest BCUT2D eigenvalue weighted by molar-refractivity contribution is 5.34. The summed E-state index contributed by atoms with van der Waals surface area (Å²) in [5.74, 6) is -5.43. The van der Waals surface area contributed by atoms with E-state index in [2.05, 4.69) is 11.7 Å². The second-order valence-corrected chi connectivity index (χ2v) is 9.61. The van der Waals surface area contributed by atoms with Gasteiger partial charge in [-0.25, -0.2) is 13.2 Å². The molecule has 1 fully saturated rings. The van der Waals surface area contributed by atoms with Crippen LogP contribution in [0, 0.1) is 29.3 Å². The molecule has 9 heteroatoms. The zero-order valence-electron chi connectivity index (χ0n) is 20.0. The normalized spacial score (nSPS) is 18.9. The second kappa shape index (κ2) is 11.8. The molecule has 3 rings (SSSR count). The number of benzene rings is 2. The molecule has 1 aliphatic rings. The second-order valence-electron chi connectivity index (χ2n) is 9.61. The van der Waals surface area contributed by atoms with Crippen LogP contribution in [0.1, 0.15) is 81.4 Å². The molecule has 1 saturated carbocycles. The van der Waals surface area contributed by atoms with E-state index in [1.807, 2.05) is 0 Å². The Morgan fingerprint density at radius 3 is 1.89 bits per heavy atom. The molecule has 0 radical (unpaired) electrons. The lowest BCUT2D eigenvalue weighted by Gasteiger charge is -2.28. The number of aryl methyl sites for hydroxylation is 1. The van der Waals surface area contributed by atoms with E-state index in [4.69, 9.17) is 0 Å². The molecule has 0 unspecified atom stereocenters. The Hall–Kier alpha value is -2.32. The predicted octanol–water partition coefficient (Wildman–Crippen LogP) is 9.57. The van der Waals surface area contributed by atoms with Gasteiger partial charge in [-0.15, -0.1) is 0 Å². The van der Waals surface area contributed by atoms with E-state index < -0.39 is 46.6 Å². The van der Waals surface area contributed by atoms with E-state index in [1.165, 1.54) is 44.6 Å². The molecule has 1 aliphatic carbocycles. The van der Waals surface area contributed by atoms with Gasteiger partial charge in [-0.2, -0.15) is 22.0 Å². The summed E-state index contributed by atoms with van der Waals surface area (Å²) in [6, 6.07) is 3.11. The van der Waals surface area contributed by atoms with E-state index >= 15 is 0 Å². The van der Waals surface area contributed by atoms with Crippen molar-refractivity contribution in [2.45, 2.75) is 83.4 Å². The Morgan fingerprint density at radius 2 is 1.36 bits per heavy atom. The maximum atomic E-state index is 14.5. The van der Waals surface area contributed by atoms with Crippen molar-refractivity contribution in [2.75, 3.05) is 0 Å². The molecular formula is C27H30F8O. The first-order chi connectivity index (χ1) is 16.9. The topological polar surface area (TPSA) is 9.23 Å². The lowest BCUT2D eigenvalue weighted by atomic mass is 9.78. The zero-order valence-corrected chi connectivity index (χ0v) is 20.0. The van der Waals surface area contributed by atoms with Crippen molar-refractivity contribution in [1.29, 1.82) is 0 Å². The molecule has 0 heterocycles. The van der Waals surface area contributed by atoms with E-state index in [9.17, 15) is 35.1 Å². The van der Waals surface area contributed by atoms with Crippen LogP contribution in [0.5, 0.6) is 5.75 Å². The quantitative estimate of drug-likeness (QED) is 0.223. The van der Waals surface area contributed by atoms with Gasteiger partial charge >= 0.3 is 12.3 Å².